The summed E-state index contributed by atoms with van der Waals surface area (Å²) >= 11 is 3.29. The highest BCUT2D eigenvalue weighted by Crippen LogP contribution is 2.32. The lowest BCUT2D eigenvalue weighted by Crippen LogP contribution is -3.06. The van der Waals surface area contributed by atoms with E-state index in [4.69, 9.17) is 4.98 Å². The van der Waals surface area contributed by atoms with Crippen LogP contribution >= 0.6 is 23.1 Å². The Morgan fingerprint density at radius 2 is 1.86 bits per heavy atom. The molecule has 5 nitrogen and oxygen atoms in total. The Kier molecular flexibility index (Phi) is 6.59. The van der Waals surface area contributed by atoms with Crippen LogP contribution in [0.2, 0.25) is 0 Å². The second-order valence-corrected chi connectivity index (χ2v) is 9.07. The van der Waals surface area contributed by atoms with Gasteiger partial charge in [0.1, 0.15) is 0 Å². The number of carbonyl (C=O) groups excluding carboxylic acids is 1. The molecule has 3 aromatic rings. The number of likely N-dealkylation sites (N-methyl/N-ethyl adjacent to an activating group) is 1. The molecule has 28 heavy (non-hydrogen) atoms. The number of carbonyl (C=O) groups is 1. The third-order valence-electron chi connectivity index (χ3n) is 4.53. The number of anilines is 2. The fraction of sp³-hybridized carbons (Fsp3) is 0.333. The van der Waals surface area contributed by atoms with E-state index >= 15 is 0 Å². The number of hydrogen-bond acceptors (Lipinski definition) is 5. The van der Waals surface area contributed by atoms with Gasteiger partial charge in [0.25, 0.3) is 5.91 Å². The smallest absolute Gasteiger partial charge is 0.260 e. The van der Waals surface area contributed by atoms with Crippen LogP contribution in [0.25, 0.3) is 10.2 Å². The molecule has 0 unspecified atom stereocenters. The number of aromatic nitrogens is 1. The van der Waals surface area contributed by atoms with Gasteiger partial charge in [0.15, 0.2) is 5.13 Å². The SMILES string of the molecule is CSc1ccc2nc(N(CC[NH+](C)C)C(=O)c3ccc(N(C)C)cc3)sc2c1. The highest BCUT2D eigenvalue weighted by molar-refractivity contribution is 7.98. The number of quaternary nitrogens is 1. The molecular formula is C21H27N4OS2+. The van der Waals surface area contributed by atoms with E-state index in [0.29, 0.717) is 12.1 Å². The van der Waals surface area contributed by atoms with E-state index < -0.39 is 0 Å². The Morgan fingerprint density at radius 1 is 1.14 bits per heavy atom. The van der Waals surface area contributed by atoms with Crippen molar-refractivity contribution in [3.8, 4) is 0 Å². The van der Waals surface area contributed by atoms with E-state index in [-0.39, 0.29) is 5.91 Å². The topological polar surface area (TPSA) is 40.9 Å². The minimum absolute atomic E-state index is 0.00398. The van der Waals surface area contributed by atoms with Crippen LogP contribution in [-0.4, -0.2) is 58.4 Å². The molecule has 0 aliphatic heterocycles. The first-order chi connectivity index (χ1) is 13.4. The van der Waals surface area contributed by atoms with Gasteiger partial charge < -0.3 is 9.80 Å². The minimum atomic E-state index is -0.00398. The number of nitrogens with zero attached hydrogens (tertiary/aromatic N) is 3. The lowest BCUT2D eigenvalue weighted by Gasteiger charge is -2.21. The average molecular weight is 416 g/mol. The molecule has 148 valence electrons. The first-order valence-electron chi connectivity index (χ1n) is 9.22. The highest BCUT2D eigenvalue weighted by atomic mass is 32.2. The number of amides is 1. The van der Waals surface area contributed by atoms with Gasteiger partial charge in [-0.3, -0.25) is 9.69 Å². The van der Waals surface area contributed by atoms with Gasteiger partial charge >= 0.3 is 0 Å². The monoisotopic (exact) mass is 415 g/mol. The summed E-state index contributed by atoms with van der Waals surface area (Å²) in [6, 6.07) is 14.0. The van der Waals surface area contributed by atoms with Gasteiger partial charge in [0, 0.05) is 30.2 Å². The second kappa shape index (κ2) is 8.94. The predicted molar refractivity (Wildman–Crippen MR) is 122 cm³/mol. The van der Waals surface area contributed by atoms with Crippen molar-refractivity contribution in [2.45, 2.75) is 4.90 Å². The lowest BCUT2D eigenvalue weighted by atomic mass is 10.1. The molecular weight excluding hydrogens is 388 g/mol. The number of thiazole rings is 1. The number of nitrogens with one attached hydrogen (secondary N) is 1. The van der Waals surface area contributed by atoms with Crippen LogP contribution in [0.5, 0.6) is 0 Å². The molecule has 1 N–H and O–H groups in total. The van der Waals surface area contributed by atoms with Gasteiger partial charge in [-0.15, -0.1) is 11.8 Å². The second-order valence-electron chi connectivity index (χ2n) is 7.19. The molecule has 3 rings (SSSR count). The zero-order chi connectivity index (χ0) is 20.3. The van der Waals surface area contributed by atoms with E-state index in [1.807, 2.05) is 54.2 Å². The normalized spacial score (nSPS) is 11.2. The van der Waals surface area contributed by atoms with Gasteiger partial charge in [0.05, 0.1) is 37.4 Å². The number of thioether (sulfide) groups is 1. The zero-order valence-electron chi connectivity index (χ0n) is 17.0. The summed E-state index contributed by atoms with van der Waals surface area (Å²) in [6.45, 7) is 1.49. The number of rotatable bonds is 7. The minimum Gasteiger partial charge on any atom is -0.378 e. The number of fused-ring (bicyclic) bond motifs is 1. The highest BCUT2D eigenvalue weighted by Gasteiger charge is 2.22. The van der Waals surface area contributed by atoms with Crippen molar-refractivity contribution in [2.75, 3.05) is 57.3 Å². The molecule has 0 bridgehead atoms. The average Bonchev–Trinajstić information content (AvgIpc) is 3.10. The van der Waals surface area contributed by atoms with Crippen LogP contribution in [0.4, 0.5) is 10.8 Å². The largest absolute Gasteiger partial charge is 0.378 e. The van der Waals surface area contributed by atoms with Crippen molar-refractivity contribution < 1.29 is 9.69 Å². The zero-order valence-corrected chi connectivity index (χ0v) is 18.7. The molecule has 0 radical (unpaired) electrons. The Morgan fingerprint density at radius 3 is 2.46 bits per heavy atom. The molecule has 1 aromatic heterocycles. The molecule has 0 atom stereocenters. The van der Waals surface area contributed by atoms with Crippen molar-refractivity contribution in [1.82, 2.24) is 4.98 Å². The van der Waals surface area contributed by atoms with E-state index in [1.54, 1.807) is 23.1 Å². The van der Waals surface area contributed by atoms with Crippen LogP contribution in [0, 0.1) is 0 Å². The first-order valence-corrected chi connectivity index (χ1v) is 11.3. The Balaban J connectivity index is 1.94. The van der Waals surface area contributed by atoms with E-state index in [1.165, 1.54) is 9.80 Å². The number of hydrogen-bond donors (Lipinski definition) is 1. The first kappa shape index (κ1) is 20.6. The van der Waals surface area contributed by atoms with Crippen molar-refractivity contribution in [3.63, 3.8) is 0 Å². The van der Waals surface area contributed by atoms with Crippen molar-refractivity contribution in [1.29, 1.82) is 0 Å². The maximum Gasteiger partial charge on any atom is 0.260 e. The molecule has 0 aliphatic carbocycles. The third kappa shape index (κ3) is 4.66. The Bertz CT molecular complexity index is 951. The quantitative estimate of drug-likeness (QED) is 0.603. The van der Waals surface area contributed by atoms with Crippen LogP contribution in [0.1, 0.15) is 10.4 Å². The Labute approximate surface area is 175 Å². The molecule has 1 amide bonds. The molecule has 1 heterocycles. The summed E-state index contributed by atoms with van der Waals surface area (Å²) in [5.74, 6) is -0.00398. The van der Waals surface area contributed by atoms with Crippen molar-refractivity contribution in [3.05, 3.63) is 48.0 Å². The maximum absolute atomic E-state index is 13.3. The van der Waals surface area contributed by atoms with Crippen molar-refractivity contribution in [2.24, 2.45) is 0 Å². The van der Waals surface area contributed by atoms with E-state index in [0.717, 1.165) is 27.6 Å². The van der Waals surface area contributed by atoms with Gasteiger partial charge in [-0.1, -0.05) is 11.3 Å². The molecule has 0 fully saturated rings. The van der Waals surface area contributed by atoms with Crippen LogP contribution in [0.15, 0.2) is 47.4 Å². The predicted octanol–water partition coefficient (Wildman–Crippen LogP) is 2.88. The van der Waals surface area contributed by atoms with Gasteiger partial charge in [-0.25, -0.2) is 4.98 Å². The van der Waals surface area contributed by atoms with Crippen molar-refractivity contribution >= 4 is 50.0 Å². The molecule has 0 saturated carbocycles. The summed E-state index contributed by atoms with van der Waals surface area (Å²) in [5, 5.41) is 0.760. The van der Waals surface area contributed by atoms with E-state index in [2.05, 4.69) is 32.5 Å². The molecule has 7 heteroatoms. The van der Waals surface area contributed by atoms with E-state index in [9.17, 15) is 4.79 Å². The van der Waals surface area contributed by atoms with Crippen LogP contribution in [0.3, 0.4) is 0 Å². The fourth-order valence-electron chi connectivity index (χ4n) is 2.81. The summed E-state index contributed by atoms with van der Waals surface area (Å²) < 4.78 is 1.11. The molecule has 0 saturated heterocycles. The van der Waals surface area contributed by atoms with Crippen LogP contribution in [-0.2, 0) is 0 Å². The standard InChI is InChI=1S/C21H26N4OS2/c1-23(2)12-13-25(20(26)15-6-8-16(9-7-15)24(3)4)21-22-18-11-10-17(27-5)14-19(18)28-21/h6-11,14H,12-13H2,1-5H3/p+1. The van der Waals surface area contributed by atoms with Gasteiger partial charge in [-0.2, -0.15) is 0 Å². The van der Waals surface area contributed by atoms with Crippen LogP contribution < -0.4 is 14.7 Å². The lowest BCUT2D eigenvalue weighted by molar-refractivity contribution is -0.856. The summed E-state index contributed by atoms with van der Waals surface area (Å²) in [5.41, 5.74) is 2.70. The maximum atomic E-state index is 13.3. The van der Waals surface area contributed by atoms with Gasteiger partial charge in [-0.05, 0) is 48.7 Å². The van der Waals surface area contributed by atoms with Gasteiger partial charge in [0.2, 0.25) is 0 Å². The third-order valence-corrected chi connectivity index (χ3v) is 6.29. The summed E-state index contributed by atoms with van der Waals surface area (Å²) in [6.07, 6.45) is 2.07. The summed E-state index contributed by atoms with van der Waals surface area (Å²) in [7, 11) is 8.18. The number of benzene rings is 2. The Hall–Kier alpha value is -2.09. The summed E-state index contributed by atoms with van der Waals surface area (Å²) in [4.78, 5) is 24.4. The molecule has 2 aromatic carbocycles. The fourth-order valence-corrected chi connectivity index (χ4v) is 4.36. The molecule has 0 aliphatic rings. The molecule has 0 spiro atoms.